The molecule has 1 heterocycles. The zero-order chi connectivity index (χ0) is 17.1. The number of hydrogen-bond acceptors (Lipinski definition) is 4. The molecule has 1 N–H and O–H groups in total. The Morgan fingerprint density at radius 1 is 1.21 bits per heavy atom. The van der Waals surface area contributed by atoms with Gasteiger partial charge in [-0.2, -0.15) is 0 Å². The molecule has 24 heavy (non-hydrogen) atoms. The molecule has 0 aliphatic carbocycles. The second-order valence-electron chi connectivity index (χ2n) is 5.14. The van der Waals surface area contributed by atoms with E-state index in [0.29, 0.717) is 27.6 Å². The zero-order valence-electron chi connectivity index (χ0n) is 13.3. The molecular formula is C18H16ClNO4. The van der Waals surface area contributed by atoms with Gasteiger partial charge < -0.3 is 19.2 Å². The molecule has 0 saturated heterocycles. The summed E-state index contributed by atoms with van der Waals surface area (Å²) < 4.78 is 16.2. The third-order valence-corrected chi connectivity index (χ3v) is 3.84. The lowest BCUT2D eigenvalue weighted by molar-refractivity contribution is 0.0991. The van der Waals surface area contributed by atoms with Crippen LogP contribution in [0.2, 0.25) is 5.02 Å². The van der Waals surface area contributed by atoms with E-state index in [4.69, 9.17) is 25.5 Å². The highest BCUT2D eigenvalue weighted by molar-refractivity contribution is 6.31. The summed E-state index contributed by atoms with van der Waals surface area (Å²) in [6, 6.07) is 12.4. The Hall–Kier alpha value is -2.50. The molecular weight excluding hydrogens is 330 g/mol. The number of amides is 1. The summed E-state index contributed by atoms with van der Waals surface area (Å²) in [7, 11) is 3.10. The summed E-state index contributed by atoms with van der Waals surface area (Å²) in [4.78, 5) is 12.7. The summed E-state index contributed by atoms with van der Waals surface area (Å²) in [5, 5.41) is 4.12. The van der Waals surface area contributed by atoms with Crippen LogP contribution in [0.25, 0.3) is 11.0 Å². The number of furan rings is 1. The maximum atomic E-state index is 12.7. The van der Waals surface area contributed by atoms with Crippen LogP contribution >= 0.6 is 11.6 Å². The van der Waals surface area contributed by atoms with E-state index >= 15 is 0 Å². The van der Waals surface area contributed by atoms with Gasteiger partial charge in [-0.15, -0.1) is 0 Å². The number of ether oxygens (including phenoxy) is 2. The predicted molar refractivity (Wildman–Crippen MR) is 92.9 cm³/mol. The number of halogens is 1. The SMILES string of the molecule is COCc1c(C(=O)Nc2cc(Cl)ccc2OC)oc2ccccc12. The molecule has 3 rings (SSSR count). The van der Waals surface area contributed by atoms with E-state index in [9.17, 15) is 4.79 Å². The fourth-order valence-corrected chi connectivity index (χ4v) is 2.70. The third-order valence-electron chi connectivity index (χ3n) is 3.60. The number of methoxy groups -OCH3 is 2. The van der Waals surface area contributed by atoms with Gasteiger partial charge in [0.15, 0.2) is 5.76 Å². The van der Waals surface area contributed by atoms with Crippen molar-refractivity contribution in [2.24, 2.45) is 0 Å². The third kappa shape index (κ3) is 3.09. The Morgan fingerprint density at radius 2 is 2.00 bits per heavy atom. The summed E-state index contributed by atoms with van der Waals surface area (Å²) in [6.45, 7) is 0.270. The molecule has 0 spiro atoms. The minimum atomic E-state index is -0.390. The first kappa shape index (κ1) is 16.4. The van der Waals surface area contributed by atoms with E-state index in [1.165, 1.54) is 7.11 Å². The van der Waals surface area contributed by atoms with E-state index in [2.05, 4.69) is 5.32 Å². The zero-order valence-corrected chi connectivity index (χ0v) is 14.0. The van der Waals surface area contributed by atoms with Crippen LogP contribution < -0.4 is 10.1 Å². The van der Waals surface area contributed by atoms with Crippen LogP contribution in [0, 0.1) is 0 Å². The van der Waals surface area contributed by atoms with Crippen molar-refractivity contribution in [1.29, 1.82) is 0 Å². The van der Waals surface area contributed by atoms with Crippen LogP contribution in [0.3, 0.4) is 0 Å². The van der Waals surface area contributed by atoms with Gasteiger partial charge in [0.2, 0.25) is 0 Å². The average Bonchev–Trinajstić information content (AvgIpc) is 2.94. The second kappa shape index (κ2) is 6.95. The highest BCUT2D eigenvalue weighted by Crippen LogP contribution is 2.30. The normalized spacial score (nSPS) is 10.8. The van der Waals surface area contributed by atoms with Crippen molar-refractivity contribution >= 4 is 34.2 Å². The van der Waals surface area contributed by atoms with Crippen LogP contribution in [0.1, 0.15) is 16.1 Å². The summed E-state index contributed by atoms with van der Waals surface area (Å²) in [5.74, 6) is 0.330. The number of carbonyl (C=O) groups is 1. The molecule has 124 valence electrons. The number of para-hydroxylation sites is 1. The molecule has 6 heteroatoms. The number of carbonyl (C=O) groups excluding carboxylic acids is 1. The molecule has 2 aromatic carbocycles. The van der Waals surface area contributed by atoms with E-state index in [-0.39, 0.29) is 18.3 Å². The second-order valence-corrected chi connectivity index (χ2v) is 5.57. The van der Waals surface area contributed by atoms with Crippen molar-refractivity contribution in [3.63, 3.8) is 0 Å². The Bertz CT molecular complexity index is 888. The van der Waals surface area contributed by atoms with Gasteiger partial charge in [0.25, 0.3) is 5.91 Å². The van der Waals surface area contributed by atoms with Gasteiger partial charge >= 0.3 is 0 Å². The standard InChI is InChI=1S/C18H16ClNO4/c1-22-10-13-12-5-3-4-6-15(12)24-17(13)18(21)20-14-9-11(19)7-8-16(14)23-2/h3-9H,10H2,1-2H3,(H,20,21). The number of anilines is 1. The van der Waals surface area contributed by atoms with Crippen LogP contribution in [-0.4, -0.2) is 20.1 Å². The number of benzene rings is 2. The molecule has 0 atom stereocenters. The first-order chi connectivity index (χ1) is 11.6. The lowest BCUT2D eigenvalue weighted by Gasteiger charge is -2.10. The number of rotatable bonds is 5. The Labute approximate surface area is 144 Å². The summed E-state index contributed by atoms with van der Waals surface area (Å²) >= 11 is 6.00. The van der Waals surface area contributed by atoms with Gasteiger partial charge in [-0.3, -0.25) is 4.79 Å². The molecule has 1 amide bonds. The van der Waals surface area contributed by atoms with Crippen LogP contribution in [0.15, 0.2) is 46.9 Å². The van der Waals surface area contributed by atoms with Crippen molar-refractivity contribution in [1.82, 2.24) is 0 Å². The molecule has 0 aliphatic rings. The maximum Gasteiger partial charge on any atom is 0.291 e. The van der Waals surface area contributed by atoms with E-state index in [1.54, 1.807) is 25.3 Å². The summed E-state index contributed by atoms with van der Waals surface area (Å²) in [5.41, 5.74) is 1.80. The fourth-order valence-electron chi connectivity index (χ4n) is 2.53. The molecule has 3 aromatic rings. The predicted octanol–water partition coefficient (Wildman–Crippen LogP) is 4.49. The van der Waals surface area contributed by atoms with Gasteiger partial charge in [0.1, 0.15) is 11.3 Å². The molecule has 0 fully saturated rings. The number of nitrogens with one attached hydrogen (secondary N) is 1. The largest absolute Gasteiger partial charge is 0.495 e. The van der Waals surface area contributed by atoms with Gasteiger partial charge in [-0.05, 0) is 24.3 Å². The van der Waals surface area contributed by atoms with Gasteiger partial charge in [-0.25, -0.2) is 0 Å². The van der Waals surface area contributed by atoms with Crippen LogP contribution in [0.4, 0.5) is 5.69 Å². The topological polar surface area (TPSA) is 60.7 Å². The first-order valence-corrected chi connectivity index (χ1v) is 7.66. The van der Waals surface area contributed by atoms with Crippen molar-refractivity contribution < 1.29 is 18.7 Å². The highest BCUT2D eigenvalue weighted by atomic mass is 35.5. The lowest BCUT2D eigenvalue weighted by Crippen LogP contribution is -2.14. The van der Waals surface area contributed by atoms with Crippen LogP contribution in [-0.2, 0) is 11.3 Å². The van der Waals surface area contributed by atoms with E-state index < -0.39 is 0 Å². The lowest BCUT2D eigenvalue weighted by atomic mass is 10.1. The summed E-state index contributed by atoms with van der Waals surface area (Å²) in [6.07, 6.45) is 0. The molecule has 1 aromatic heterocycles. The first-order valence-electron chi connectivity index (χ1n) is 7.28. The average molecular weight is 346 g/mol. The van der Waals surface area contributed by atoms with Crippen LogP contribution in [0.5, 0.6) is 5.75 Å². The number of fused-ring (bicyclic) bond motifs is 1. The smallest absolute Gasteiger partial charge is 0.291 e. The van der Waals surface area contributed by atoms with Gasteiger partial charge in [-0.1, -0.05) is 29.8 Å². The Balaban J connectivity index is 2.00. The quantitative estimate of drug-likeness (QED) is 0.740. The molecule has 0 bridgehead atoms. The molecule has 0 aliphatic heterocycles. The molecule has 5 nitrogen and oxygen atoms in total. The van der Waals surface area contributed by atoms with E-state index in [0.717, 1.165) is 5.39 Å². The number of hydrogen-bond donors (Lipinski definition) is 1. The van der Waals surface area contributed by atoms with E-state index in [1.807, 2.05) is 24.3 Å². The minimum absolute atomic E-state index is 0.208. The molecule has 0 saturated carbocycles. The van der Waals surface area contributed by atoms with Gasteiger partial charge in [0, 0.05) is 23.1 Å². The van der Waals surface area contributed by atoms with Crippen molar-refractivity contribution in [2.45, 2.75) is 6.61 Å². The Kier molecular flexibility index (Phi) is 4.74. The van der Waals surface area contributed by atoms with Crippen molar-refractivity contribution in [3.8, 4) is 5.75 Å². The minimum Gasteiger partial charge on any atom is -0.495 e. The van der Waals surface area contributed by atoms with Crippen molar-refractivity contribution in [3.05, 3.63) is 58.8 Å². The highest BCUT2D eigenvalue weighted by Gasteiger charge is 2.21. The molecule has 0 unspecified atom stereocenters. The maximum absolute atomic E-state index is 12.7. The Morgan fingerprint density at radius 3 is 2.75 bits per heavy atom. The molecule has 0 radical (unpaired) electrons. The monoisotopic (exact) mass is 345 g/mol. The fraction of sp³-hybridized carbons (Fsp3) is 0.167. The van der Waals surface area contributed by atoms with Gasteiger partial charge in [0.05, 0.1) is 19.4 Å². The van der Waals surface area contributed by atoms with Crippen molar-refractivity contribution in [2.75, 3.05) is 19.5 Å².